The fourth-order valence-corrected chi connectivity index (χ4v) is 2.92. The van der Waals surface area contributed by atoms with E-state index in [9.17, 15) is 9.59 Å². The highest BCUT2D eigenvalue weighted by Gasteiger charge is 2.18. The van der Waals surface area contributed by atoms with Crippen LogP contribution in [0, 0.1) is 6.92 Å². The Morgan fingerprint density at radius 2 is 2.00 bits per heavy atom. The number of hydrogen-bond acceptors (Lipinski definition) is 3. The standard InChI is InChI=1S/C19H17N5O2/c1-12-8-9-24(23-12)17-5-3-2-4-16(17)22-19(26)20-14-6-7-15-13(10-14)11-18(25)21-15/h2-10H,11H2,1H3,(H,21,25)(H2,20,22,26). The van der Waals surface area contributed by atoms with Crippen molar-refractivity contribution < 1.29 is 9.59 Å². The summed E-state index contributed by atoms with van der Waals surface area (Å²) in [6.07, 6.45) is 2.17. The van der Waals surface area contributed by atoms with Gasteiger partial charge in [0.25, 0.3) is 0 Å². The molecular weight excluding hydrogens is 330 g/mol. The topological polar surface area (TPSA) is 88.0 Å². The van der Waals surface area contributed by atoms with Crippen LogP contribution in [-0.2, 0) is 11.2 Å². The van der Waals surface area contributed by atoms with E-state index in [0.717, 1.165) is 22.6 Å². The van der Waals surface area contributed by atoms with Crippen LogP contribution in [0.1, 0.15) is 11.3 Å². The number of aryl methyl sites for hydroxylation is 1. The van der Waals surface area contributed by atoms with E-state index in [1.54, 1.807) is 22.9 Å². The average Bonchev–Trinajstić information content (AvgIpc) is 3.19. The van der Waals surface area contributed by atoms with Gasteiger partial charge in [-0.3, -0.25) is 4.79 Å². The summed E-state index contributed by atoms with van der Waals surface area (Å²) in [5.41, 5.74) is 4.61. The van der Waals surface area contributed by atoms with E-state index in [1.165, 1.54) is 0 Å². The Morgan fingerprint density at radius 1 is 1.15 bits per heavy atom. The summed E-state index contributed by atoms with van der Waals surface area (Å²) in [5, 5.41) is 12.8. The van der Waals surface area contributed by atoms with Gasteiger partial charge in [0.1, 0.15) is 0 Å². The lowest BCUT2D eigenvalue weighted by Gasteiger charge is -2.12. The first kappa shape index (κ1) is 15.9. The second-order valence-electron chi connectivity index (χ2n) is 6.09. The number of hydrogen-bond donors (Lipinski definition) is 3. The summed E-state index contributed by atoms with van der Waals surface area (Å²) < 4.78 is 1.72. The molecule has 0 saturated carbocycles. The molecule has 7 nitrogen and oxygen atoms in total. The highest BCUT2D eigenvalue weighted by Crippen LogP contribution is 2.26. The van der Waals surface area contributed by atoms with Gasteiger partial charge < -0.3 is 16.0 Å². The van der Waals surface area contributed by atoms with Crippen LogP contribution < -0.4 is 16.0 Å². The van der Waals surface area contributed by atoms with Crippen LogP contribution in [0.15, 0.2) is 54.7 Å². The van der Waals surface area contributed by atoms with Crippen LogP contribution in [0.4, 0.5) is 21.9 Å². The fourth-order valence-electron chi connectivity index (χ4n) is 2.92. The van der Waals surface area contributed by atoms with Crippen molar-refractivity contribution in [3.63, 3.8) is 0 Å². The number of para-hydroxylation sites is 2. The van der Waals surface area contributed by atoms with Crippen LogP contribution in [0.2, 0.25) is 0 Å². The predicted molar refractivity (Wildman–Crippen MR) is 99.7 cm³/mol. The smallest absolute Gasteiger partial charge is 0.323 e. The molecule has 3 N–H and O–H groups in total. The molecule has 130 valence electrons. The van der Waals surface area contributed by atoms with E-state index in [0.29, 0.717) is 17.8 Å². The number of carbonyl (C=O) groups is 2. The van der Waals surface area contributed by atoms with Gasteiger partial charge >= 0.3 is 6.03 Å². The largest absolute Gasteiger partial charge is 0.326 e. The van der Waals surface area contributed by atoms with Gasteiger partial charge in [-0.1, -0.05) is 12.1 Å². The number of anilines is 3. The summed E-state index contributed by atoms with van der Waals surface area (Å²) in [6, 6.07) is 14.3. The lowest BCUT2D eigenvalue weighted by molar-refractivity contribution is -0.115. The number of benzene rings is 2. The number of rotatable bonds is 3. The summed E-state index contributed by atoms with van der Waals surface area (Å²) in [7, 11) is 0. The van der Waals surface area contributed by atoms with Gasteiger partial charge in [-0.2, -0.15) is 5.10 Å². The number of nitrogens with one attached hydrogen (secondary N) is 3. The molecule has 0 unspecified atom stereocenters. The Balaban J connectivity index is 1.51. The predicted octanol–water partition coefficient (Wildman–Crippen LogP) is 3.32. The van der Waals surface area contributed by atoms with Crippen LogP contribution in [0.3, 0.4) is 0 Å². The van der Waals surface area contributed by atoms with Crippen LogP contribution in [0.5, 0.6) is 0 Å². The minimum absolute atomic E-state index is 0.0370. The fraction of sp³-hybridized carbons (Fsp3) is 0.105. The molecule has 3 amide bonds. The second-order valence-corrected chi connectivity index (χ2v) is 6.09. The number of urea groups is 1. The van der Waals surface area contributed by atoms with Gasteiger partial charge in [0.15, 0.2) is 0 Å². The third-order valence-corrected chi connectivity index (χ3v) is 4.11. The van der Waals surface area contributed by atoms with Crippen molar-refractivity contribution in [2.45, 2.75) is 13.3 Å². The molecule has 26 heavy (non-hydrogen) atoms. The zero-order chi connectivity index (χ0) is 18.1. The van der Waals surface area contributed by atoms with Gasteiger partial charge in [0.05, 0.1) is 23.5 Å². The van der Waals surface area contributed by atoms with Crippen molar-refractivity contribution in [2.24, 2.45) is 0 Å². The zero-order valence-corrected chi connectivity index (χ0v) is 14.1. The normalized spacial score (nSPS) is 12.4. The molecular formula is C19H17N5O2. The second kappa shape index (κ2) is 6.36. The molecule has 0 radical (unpaired) electrons. The van der Waals surface area contributed by atoms with Crippen LogP contribution >= 0.6 is 0 Å². The van der Waals surface area contributed by atoms with Gasteiger partial charge in [-0.15, -0.1) is 0 Å². The Morgan fingerprint density at radius 3 is 2.81 bits per heavy atom. The highest BCUT2D eigenvalue weighted by molar-refractivity contribution is 6.03. The lowest BCUT2D eigenvalue weighted by Crippen LogP contribution is -2.20. The highest BCUT2D eigenvalue weighted by atomic mass is 16.2. The number of fused-ring (bicyclic) bond motifs is 1. The minimum atomic E-state index is -0.362. The molecule has 3 aromatic rings. The first-order valence-electron chi connectivity index (χ1n) is 8.21. The maximum Gasteiger partial charge on any atom is 0.323 e. The quantitative estimate of drug-likeness (QED) is 0.679. The monoisotopic (exact) mass is 347 g/mol. The molecule has 0 atom stereocenters. The molecule has 2 heterocycles. The van der Waals surface area contributed by atoms with Crippen molar-refractivity contribution in [3.05, 3.63) is 66.0 Å². The first-order valence-corrected chi connectivity index (χ1v) is 8.21. The molecule has 1 aliphatic rings. The Kier molecular flexibility index (Phi) is 3.89. The molecule has 1 aromatic heterocycles. The Hall–Kier alpha value is -3.61. The van der Waals surface area contributed by atoms with E-state index in [2.05, 4.69) is 21.0 Å². The van der Waals surface area contributed by atoms with Gasteiger partial charge in [0, 0.05) is 17.6 Å². The molecule has 0 spiro atoms. The van der Waals surface area contributed by atoms with Crippen molar-refractivity contribution in [3.8, 4) is 5.69 Å². The number of amides is 3. The van der Waals surface area contributed by atoms with Gasteiger partial charge in [0.2, 0.25) is 5.91 Å². The molecule has 0 aliphatic carbocycles. The Labute approximate surface area is 150 Å². The number of aromatic nitrogens is 2. The summed E-state index contributed by atoms with van der Waals surface area (Å²) in [6.45, 7) is 1.91. The van der Waals surface area contributed by atoms with Crippen LogP contribution in [0.25, 0.3) is 5.69 Å². The zero-order valence-electron chi connectivity index (χ0n) is 14.1. The van der Waals surface area contributed by atoms with Crippen molar-refractivity contribution in [2.75, 3.05) is 16.0 Å². The summed E-state index contributed by atoms with van der Waals surface area (Å²) in [5.74, 6) is -0.0370. The molecule has 0 fully saturated rings. The van der Waals surface area contributed by atoms with E-state index < -0.39 is 0 Å². The van der Waals surface area contributed by atoms with Crippen molar-refractivity contribution in [1.82, 2.24) is 9.78 Å². The van der Waals surface area contributed by atoms with Crippen LogP contribution in [-0.4, -0.2) is 21.7 Å². The van der Waals surface area contributed by atoms with Gasteiger partial charge in [-0.05, 0) is 48.9 Å². The van der Waals surface area contributed by atoms with E-state index >= 15 is 0 Å². The summed E-state index contributed by atoms with van der Waals surface area (Å²) in [4.78, 5) is 23.8. The number of nitrogens with zero attached hydrogens (tertiary/aromatic N) is 2. The third kappa shape index (κ3) is 3.14. The molecule has 1 aliphatic heterocycles. The van der Waals surface area contributed by atoms with Crippen molar-refractivity contribution in [1.29, 1.82) is 0 Å². The van der Waals surface area contributed by atoms with E-state index in [1.807, 2.05) is 43.5 Å². The molecule has 0 bridgehead atoms. The third-order valence-electron chi connectivity index (χ3n) is 4.11. The maximum atomic E-state index is 12.4. The van der Waals surface area contributed by atoms with Crippen molar-refractivity contribution >= 4 is 29.0 Å². The average molecular weight is 347 g/mol. The van der Waals surface area contributed by atoms with E-state index in [-0.39, 0.29) is 11.9 Å². The molecule has 0 saturated heterocycles. The maximum absolute atomic E-state index is 12.4. The summed E-state index contributed by atoms with van der Waals surface area (Å²) >= 11 is 0. The number of carbonyl (C=O) groups excluding carboxylic acids is 2. The van der Waals surface area contributed by atoms with E-state index in [4.69, 9.17) is 0 Å². The molecule has 7 heteroatoms. The Bertz CT molecular complexity index is 1010. The first-order chi connectivity index (χ1) is 12.6. The SMILES string of the molecule is Cc1ccn(-c2ccccc2NC(=O)Nc2ccc3c(c2)CC(=O)N3)n1. The minimum Gasteiger partial charge on any atom is -0.326 e. The van der Waals surface area contributed by atoms with Gasteiger partial charge in [-0.25, -0.2) is 9.48 Å². The molecule has 4 rings (SSSR count). The molecule has 2 aromatic carbocycles. The lowest BCUT2D eigenvalue weighted by atomic mass is 10.1.